The largest absolute Gasteiger partial charge is 0.446 e. The fourth-order valence-corrected chi connectivity index (χ4v) is 3.11. The highest BCUT2D eigenvalue weighted by molar-refractivity contribution is 9.10. The molecule has 1 aromatic carbocycles. The molecule has 0 aromatic heterocycles. The highest BCUT2D eigenvalue weighted by Crippen LogP contribution is 2.43. The Balaban J connectivity index is 2.35. The van der Waals surface area contributed by atoms with Crippen molar-refractivity contribution < 1.29 is 22.7 Å². The van der Waals surface area contributed by atoms with E-state index in [2.05, 4.69) is 22.0 Å². The zero-order valence-corrected chi connectivity index (χ0v) is 17.1. The summed E-state index contributed by atoms with van der Waals surface area (Å²) in [5.74, 6) is -1.33. The quantitative estimate of drug-likeness (QED) is 0.358. The number of carbonyl (C=O) groups excluding carboxylic acids is 1. The predicted octanol–water partition coefficient (Wildman–Crippen LogP) is 6.77. The molecule has 6 heteroatoms. The van der Waals surface area contributed by atoms with Gasteiger partial charge >= 0.3 is 12.1 Å². The highest BCUT2D eigenvalue weighted by Gasteiger charge is 2.50. The fraction of sp³-hybridized carbons (Fsp3) is 0.381. The van der Waals surface area contributed by atoms with Gasteiger partial charge in [0.15, 0.2) is 5.60 Å². The minimum atomic E-state index is -4.74. The van der Waals surface area contributed by atoms with Gasteiger partial charge in [-0.3, -0.25) is 0 Å². The Bertz CT molecular complexity index is 785. The molecule has 1 aromatic rings. The van der Waals surface area contributed by atoms with Crippen molar-refractivity contribution in [1.82, 2.24) is 0 Å². The Morgan fingerprint density at radius 1 is 1.15 bits per heavy atom. The number of carbonyl (C=O) groups is 1. The molecular formula is C21H22BrF3O2. The van der Waals surface area contributed by atoms with Crippen LogP contribution in [0.25, 0.3) is 0 Å². The number of rotatable bonds is 6. The third-order valence-corrected chi connectivity index (χ3v) is 4.88. The summed E-state index contributed by atoms with van der Waals surface area (Å²) in [6.45, 7) is 5.96. The van der Waals surface area contributed by atoms with Gasteiger partial charge in [-0.15, -0.1) is 0 Å². The maximum absolute atomic E-state index is 13.2. The summed E-state index contributed by atoms with van der Waals surface area (Å²) in [6.07, 6.45) is 1.95. The molecule has 0 radical (unpaired) electrons. The lowest BCUT2D eigenvalue weighted by Gasteiger charge is -2.26. The van der Waals surface area contributed by atoms with Gasteiger partial charge in [0.05, 0.1) is 0 Å². The maximum atomic E-state index is 13.2. The highest BCUT2D eigenvalue weighted by atomic mass is 79.9. The van der Waals surface area contributed by atoms with Crippen LogP contribution in [-0.2, 0) is 15.1 Å². The van der Waals surface area contributed by atoms with Crippen LogP contribution in [0.1, 0.15) is 45.6 Å². The Labute approximate surface area is 165 Å². The second-order valence-electron chi connectivity index (χ2n) is 6.92. The smallest absolute Gasteiger partial charge is 0.423 e. The van der Waals surface area contributed by atoms with Crippen LogP contribution in [0.2, 0.25) is 0 Å². The van der Waals surface area contributed by atoms with Crippen LogP contribution in [0, 0.1) is 0 Å². The van der Waals surface area contributed by atoms with Gasteiger partial charge in [-0.1, -0.05) is 51.4 Å². The lowest BCUT2D eigenvalue weighted by atomic mass is 9.88. The van der Waals surface area contributed by atoms with Crippen molar-refractivity contribution in [2.45, 2.75) is 51.8 Å². The molecule has 2 nitrogen and oxygen atoms in total. The summed E-state index contributed by atoms with van der Waals surface area (Å²) >= 11 is 3.31. The first-order chi connectivity index (χ1) is 12.5. The van der Waals surface area contributed by atoms with E-state index in [4.69, 9.17) is 4.74 Å². The van der Waals surface area contributed by atoms with Gasteiger partial charge in [0, 0.05) is 10.9 Å². The van der Waals surface area contributed by atoms with Crippen molar-refractivity contribution in [1.29, 1.82) is 0 Å². The molecule has 1 aliphatic rings. The lowest BCUT2D eigenvalue weighted by Crippen LogP contribution is -2.25. The Morgan fingerprint density at radius 2 is 1.78 bits per heavy atom. The molecule has 1 aliphatic heterocycles. The van der Waals surface area contributed by atoms with E-state index in [0.717, 1.165) is 29.0 Å². The van der Waals surface area contributed by atoms with E-state index in [1.54, 1.807) is 24.3 Å². The molecule has 146 valence electrons. The van der Waals surface area contributed by atoms with Crippen LogP contribution in [0.4, 0.5) is 13.2 Å². The van der Waals surface area contributed by atoms with Gasteiger partial charge in [0.2, 0.25) is 0 Å². The Hall–Kier alpha value is -1.82. The standard InChI is InChI=1S/C21H22BrF3O2/c1-14(2)5-4-6-15(3)11-12-20(16-7-9-17(22)10-8-16)13-18(19(26)27-20)21(23,24)25/h5,7-11,13H,4,6,12H2,1-3H3. The Morgan fingerprint density at radius 3 is 2.30 bits per heavy atom. The molecule has 1 atom stereocenters. The minimum absolute atomic E-state index is 0.153. The number of esters is 1. The van der Waals surface area contributed by atoms with E-state index in [1.807, 2.05) is 26.8 Å². The number of hydrogen-bond donors (Lipinski definition) is 0. The molecule has 0 saturated heterocycles. The minimum Gasteiger partial charge on any atom is -0.446 e. The normalized spacial score (nSPS) is 20.3. The summed E-state index contributed by atoms with van der Waals surface area (Å²) in [5.41, 5.74) is 0.0681. The number of cyclic esters (lactones) is 1. The first-order valence-corrected chi connectivity index (χ1v) is 9.41. The summed E-state index contributed by atoms with van der Waals surface area (Å²) in [4.78, 5) is 11.9. The number of halogens is 4. The molecule has 27 heavy (non-hydrogen) atoms. The molecule has 0 N–H and O–H groups in total. The van der Waals surface area contributed by atoms with Crippen LogP contribution in [-0.4, -0.2) is 12.1 Å². The lowest BCUT2D eigenvalue weighted by molar-refractivity contribution is -0.155. The van der Waals surface area contributed by atoms with E-state index in [-0.39, 0.29) is 6.42 Å². The van der Waals surface area contributed by atoms with E-state index < -0.39 is 23.3 Å². The van der Waals surface area contributed by atoms with E-state index in [0.29, 0.717) is 5.56 Å². The summed E-state index contributed by atoms with van der Waals surface area (Å²) in [7, 11) is 0. The van der Waals surface area contributed by atoms with E-state index >= 15 is 0 Å². The fourth-order valence-electron chi connectivity index (χ4n) is 2.85. The number of hydrogen-bond acceptors (Lipinski definition) is 2. The van der Waals surface area contributed by atoms with Crippen LogP contribution in [0.5, 0.6) is 0 Å². The molecular weight excluding hydrogens is 421 g/mol. The first-order valence-electron chi connectivity index (χ1n) is 8.62. The van der Waals surface area contributed by atoms with Gasteiger partial charge in [-0.05, 0) is 57.4 Å². The molecule has 1 heterocycles. The third kappa shape index (κ3) is 5.58. The zero-order valence-electron chi connectivity index (χ0n) is 15.5. The molecule has 0 bridgehead atoms. The van der Waals surface area contributed by atoms with Gasteiger partial charge < -0.3 is 4.74 Å². The van der Waals surface area contributed by atoms with Crippen LogP contribution in [0.15, 0.2) is 63.7 Å². The zero-order chi connectivity index (χ0) is 20.2. The van der Waals surface area contributed by atoms with Crippen LogP contribution < -0.4 is 0 Å². The van der Waals surface area contributed by atoms with Crippen molar-refractivity contribution in [2.75, 3.05) is 0 Å². The monoisotopic (exact) mass is 442 g/mol. The van der Waals surface area contributed by atoms with Crippen molar-refractivity contribution in [3.05, 3.63) is 69.2 Å². The van der Waals surface area contributed by atoms with Gasteiger partial charge in [-0.2, -0.15) is 13.2 Å². The Kier molecular flexibility index (Phi) is 6.73. The molecule has 0 amide bonds. The van der Waals surface area contributed by atoms with E-state index in [9.17, 15) is 18.0 Å². The van der Waals surface area contributed by atoms with Crippen molar-refractivity contribution in [2.24, 2.45) is 0 Å². The van der Waals surface area contributed by atoms with E-state index in [1.165, 1.54) is 5.57 Å². The van der Waals surface area contributed by atoms with Gasteiger partial charge in [0.25, 0.3) is 0 Å². The summed E-state index contributed by atoms with van der Waals surface area (Å²) < 4.78 is 45.6. The molecule has 0 aliphatic carbocycles. The topological polar surface area (TPSA) is 26.3 Å². The number of ether oxygens (including phenoxy) is 1. The molecule has 0 fully saturated rings. The van der Waals surface area contributed by atoms with Gasteiger partial charge in [0.1, 0.15) is 5.57 Å². The number of benzene rings is 1. The number of alkyl halides is 3. The molecule has 1 unspecified atom stereocenters. The summed E-state index contributed by atoms with van der Waals surface area (Å²) in [5, 5.41) is 0. The third-order valence-electron chi connectivity index (χ3n) is 4.36. The average molecular weight is 443 g/mol. The van der Waals surface area contributed by atoms with Gasteiger partial charge in [-0.25, -0.2) is 4.79 Å². The molecule has 0 spiro atoms. The van der Waals surface area contributed by atoms with Crippen molar-refractivity contribution in [3.8, 4) is 0 Å². The SMILES string of the molecule is CC(C)=CCCC(C)=CCC1(c2ccc(Br)cc2)C=C(C(F)(F)F)C(=O)O1. The summed E-state index contributed by atoms with van der Waals surface area (Å²) in [6, 6.07) is 6.77. The molecule has 2 rings (SSSR count). The van der Waals surface area contributed by atoms with Crippen LogP contribution in [0.3, 0.4) is 0 Å². The second kappa shape index (κ2) is 8.46. The first kappa shape index (κ1) is 21.5. The molecule has 0 saturated carbocycles. The number of allylic oxidation sites excluding steroid dienone is 3. The van der Waals surface area contributed by atoms with Crippen LogP contribution >= 0.6 is 15.9 Å². The average Bonchev–Trinajstić information content (AvgIpc) is 2.91. The van der Waals surface area contributed by atoms with Crippen molar-refractivity contribution in [3.63, 3.8) is 0 Å². The van der Waals surface area contributed by atoms with Crippen molar-refractivity contribution >= 4 is 21.9 Å². The maximum Gasteiger partial charge on any atom is 0.423 e. The predicted molar refractivity (Wildman–Crippen MR) is 103 cm³/mol. The second-order valence-corrected chi connectivity index (χ2v) is 7.83.